The van der Waals surface area contributed by atoms with E-state index in [9.17, 15) is 4.79 Å². The van der Waals surface area contributed by atoms with Crippen LogP contribution in [0.4, 0.5) is 0 Å². The van der Waals surface area contributed by atoms with Crippen molar-refractivity contribution in [2.75, 3.05) is 0 Å². The summed E-state index contributed by atoms with van der Waals surface area (Å²) in [4.78, 5) is 20.3. The first-order chi connectivity index (χ1) is 8.33. The van der Waals surface area contributed by atoms with Crippen molar-refractivity contribution in [3.63, 3.8) is 0 Å². The summed E-state index contributed by atoms with van der Waals surface area (Å²) in [6, 6.07) is 12.1. The smallest absolute Gasteiger partial charge is 0.259 e. The number of fused-ring (bicyclic) bond motifs is 1. The number of nitrogens with zero attached hydrogens (tertiary/aromatic N) is 1. The summed E-state index contributed by atoms with van der Waals surface area (Å²) in [6.45, 7) is 0. The number of nitrogens with one attached hydrogen (secondary N) is 1. The molecule has 84 valence electrons. The third-order valence-corrected chi connectivity index (χ3v) is 3.65. The van der Waals surface area contributed by atoms with Crippen LogP contribution in [0.3, 0.4) is 0 Å². The third-order valence-electron chi connectivity index (χ3n) is 2.61. The second-order valence-corrected chi connectivity index (χ2v) is 4.94. The summed E-state index contributed by atoms with van der Waals surface area (Å²) >= 11 is 1.58. The molecule has 17 heavy (non-hydrogen) atoms. The van der Waals surface area contributed by atoms with E-state index in [0.717, 1.165) is 16.1 Å². The van der Waals surface area contributed by atoms with Gasteiger partial charge in [0.15, 0.2) is 0 Å². The first-order valence-corrected chi connectivity index (χ1v) is 6.14. The van der Waals surface area contributed by atoms with Crippen LogP contribution in [0.1, 0.15) is 10.4 Å². The number of aromatic nitrogens is 2. The second kappa shape index (κ2) is 4.14. The zero-order chi connectivity index (χ0) is 11.7. The summed E-state index contributed by atoms with van der Waals surface area (Å²) in [5.41, 5.74) is 1.18. The van der Waals surface area contributed by atoms with Gasteiger partial charge in [0.1, 0.15) is 4.83 Å². The normalized spacial score (nSPS) is 10.8. The zero-order valence-corrected chi connectivity index (χ0v) is 9.83. The van der Waals surface area contributed by atoms with Gasteiger partial charge in [0.05, 0.1) is 11.7 Å². The van der Waals surface area contributed by atoms with Crippen molar-refractivity contribution in [3.8, 4) is 0 Å². The molecule has 0 amide bonds. The Bertz CT molecular complexity index is 700. The number of H-pyrrole nitrogens is 1. The lowest BCUT2D eigenvalue weighted by atomic mass is 10.1. The van der Waals surface area contributed by atoms with Gasteiger partial charge in [-0.05, 0) is 11.6 Å². The van der Waals surface area contributed by atoms with Gasteiger partial charge >= 0.3 is 0 Å². The zero-order valence-electron chi connectivity index (χ0n) is 9.01. The molecule has 0 bridgehead atoms. The number of aromatic amines is 1. The summed E-state index contributed by atoms with van der Waals surface area (Å²) in [5, 5.41) is 0.684. The van der Waals surface area contributed by atoms with Crippen molar-refractivity contribution in [3.05, 3.63) is 63.5 Å². The molecule has 0 aliphatic rings. The molecule has 3 nitrogen and oxygen atoms in total. The van der Waals surface area contributed by atoms with E-state index in [1.54, 1.807) is 11.3 Å². The maximum atomic E-state index is 11.6. The lowest BCUT2D eigenvalue weighted by Crippen LogP contribution is -2.03. The minimum absolute atomic E-state index is 0.0643. The molecular formula is C13H10N2OS. The van der Waals surface area contributed by atoms with Crippen molar-refractivity contribution >= 4 is 21.6 Å². The fourth-order valence-corrected chi connectivity index (χ4v) is 2.83. The third kappa shape index (κ3) is 1.99. The first-order valence-electron chi connectivity index (χ1n) is 5.33. The molecule has 0 atom stereocenters. The van der Waals surface area contributed by atoms with Gasteiger partial charge in [0, 0.05) is 11.3 Å². The van der Waals surface area contributed by atoms with Crippen LogP contribution in [0.5, 0.6) is 0 Å². The number of hydrogen-bond donors (Lipinski definition) is 1. The SMILES string of the molecule is O=c1[nH]cnc2sc(Cc3ccccc3)cc12. The monoisotopic (exact) mass is 242 g/mol. The molecule has 0 unspecified atom stereocenters. The molecule has 0 saturated heterocycles. The quantitative estimate of drug-likeness (QED) is 0.750. The second-order valence-electron chi connectivity index (χ2n) is 3.83. The Hall–Kier alpha value is -1.94. The molecule has 4 heteroatoms. The molecule has 1 N–H and O–H groups in total. The summed E-state index contributed by atoms with van der Waals surface area (Å²) < 4.78 is 0. The number of hydrogen-bond acceptors (Lipinski definition) is 3. The Morgan fingerprint density at radius 2 is 2.06 bits per heavy atom. The average Bonchev–Trinajstić information content (AvgIpc) is 2.74. The van der Waals surface area contributed by atoms with E-state index in [1.807, 2.05) is 24.3 Å². The van der Waals surface area contributed by atoms with E-state index in [-0.39, 0.29) is 5.56 Å². The van der Waals surface area contributed by atoms with Crippen molar-refractivity contribution in [1.29, 1.82) is 0 Å². The topological polar surface area (TPSA) is 45.8 Å². The molecule has 3 rings (SSSR count). The standard InChI is InChI=1S/C13H10N2OS/c16-12-11-7-10(17-13(11)15-8-14-12)6-9-4-2-1-3-5-9/h1-5,7-8H,6H2,(H,14,15,16). The van der Waals surface area contributed by atoms with Crippen LogP contribution in [-0.4, -0.2) is 9.97 Å². The first kappa shape index (κ1) is 10.2. The van der Waals surface area contributed by atoms with Gasteiger partial charge in [-0.2, -0.15) is 0 Å². The largest absolute Gasteiger partial charge is 0.313 e. The van der Waals surface area contributed by atoms with Crippen molar-refractivity contribution in [1.82, 2.24) is 9.97 Å². The van der Waals surface area contributed by atoms with Crippen LogP contribution in [0.25, 0.3) is 10.2 Å². The van der Waals surface area contributed by atoms with Crippen LogP contribution in [0.2, 0.25) is 0 Å². The average molecular weight is 242 g/mol. The molecular weight excluding hydrogens is 232 g/mol. The van der Waals surface area contributed by atoms with Crippen LogP contribution in [0.15, 0.2) is 47.5 Å². The van der Waals surface area contributed by atoms with E-state index in [2.05, 4.69) is 22.1 Å². The highest BCUT2D eigenvalue weighted by Crippen LogP contribution is 2.22. The Balaban J connectivity index is 2.02. The molecule has 0 spiro atoms. The number of thiophene rings is 1. The van der Waals surface area contributed by atoms with E-state index in [0.29, 0.717) is 5.39 Å². The minimum Gasteiger partial charge on any atom is -0.313 e. The van der Waals surface area contributed by atoms with Gasteiger partial charge in [0.2, 0.25) is 0 Å². The Kier molecular flexibility index (Phi) is 2.49. The molecule has 2 aromatic heterocycles. The molecule has 0 radical (unpaired) electrons. The molecule has 0 fully saturated rings. The van der Waals surface area contributed by atoms with Crippen molar-refractivity contribution in [2.24, 2.45) is 0 Å². The molecule has 0 saturated carbocycles. The fourth-order valence-electron chi connectivity index (χ4n) is 1.80. The number of benzene rings is 1. The van der Waals surface area contributed by atoms with Crippen molar-refractivity contribution in [2.45, 2.75) is 6.42 Å². The fraction of sp³-hybridized carbons (Fsp3) is 0.0769. The molecule has 2 heterocycles. The highest BCUT2D eigenvalue weighted by Gasteiger charge is 2.06. The van der Waals surface area contributed by atoms with Gasteiger partial charge in [-0.3, -0.25) is 4.79 Å². The van der Waals surface area contributed by atoms with Crippen LogP contribution in [-0.2, 0) is 6.42 Å². The van der Waals surface area contributed by atoms with Crippen LogP contribution >= 0.6 is 11.3 Å². The lowest BCUT2D eigenvalue weighted by Gasteiger charge is -1.96. The Morgan fingerprint density at radius 1 is 1.24 bits per heavy atom. The summed E-state index contributed by atoms with van der Waals surface area (Å²) in [5.74, 6) is 0. The highest BCUT2D eigenvalue weighted by atomic mass is 32.1. The predicted octanol–water partition coefficient (Wildman–Crippen LogP) is 2.58. The van der Waals surface area contributed by atoms with E-state index >= 15 is 0 Å². The van der Waals surface area contributed by atoms with E-state index in [4.69, 9.17) is 0 Å². The maximum absolute atomic E-state index is 11.6. The minimum atomic E-state index is -0.0643. The maximum Gasteiger partial charge on any atom is 0.259 e. The highest BCUT2D eigenvalue weighted by molar-refractivity contribution is 7.18. The summed E-state index contributed by atoms with van der Waals surface area (Å²) in [7, 11) is 0. The number of rotatable bonds is 2. The van der Waals surface area contributed by atoms with Gasteiger partial charge < -0.3 is 4.98 Å². The van der Waals surface area contributed by atoms with Gasteiger partial charge in [-0.15, -0.1) is 11.3 Å². The van der Waals surface area contributed by atoms with Gasteiger partial charge in [-0.1, -0.05) is 30.3 Å². The predicted molar refractivity (Wildman–Crippen MR) is 69.5 cm³/mol. The molecule has 0 aliphatic heterocycles. The molecule has 3 aromatic rings. The Labute approximate surface area is 102 Å². The summed E-state index contributed by atoms with van der Waals surface area (Å²) in [6.07, 6.45) is 2.30. The molecule has 1 aromatic carbocycles. The van der Waals surface area contributed by atoms with Gasteiger partial charge in [-0.25, -0.2) is 4.98 Å². The van der Waals surface area contributed by atoms with E-state index < -0.39 is 0 Å². The van der Waals surface area contributed by atoms with Crippen LogP contribution < -0.4 is 5.56 Å². The van der Waals surface area contributed by atoms with Crippen LogP contribution in [0, 0.1) is 0 Å². The van der Waals surface area contributed by atoms with Gasteiger partial charge in [0.25, 0.3) is 5.56 Å². The molecule has 0 aliphatic carbocycles. The van der Waals surface area contributed by atoms with Crippen molar-refractivity contribution < 1.29 is 0 Å². The Morgan fingerprint density at radius 3 is 2.82 bits per heavy atom. The van der Waals surface area contributed by atoms with E-state index in [1.165, 1.54) is 11.9 Å². The lowest BCUT2D eigenvalue weighted by molar-refractivity contribution is 1.18.